The molecule has 0 N–H and O–H groups in total. The van der Waals surface area contributed by atoms with Gasteiger partial charge in [0.15, 0.2) is 0 Å². The van der Waals surface area contributed by atoms with Gasteiger partial charge in [0.2, 0.25) is 0 Å². The van der Waals surface area contributed by atoms with E-state index in [4.69, 9.17) is 0 Å². The number of benzene rings is 8. The van der Waals surface area contributed by atoms with E-state index >= 15 is 0 Å². The molecule has 3 atom stereocenters. The minimum absolute atomic E-state index is 0.0986. The van der Waals surface area contributed by atoms with Gasteiger partial charge in [-0.2, -0.15) is 0 Å². The van der Waals surface area contributed by atoms with Crippen molar-refractivity contribution in [3.8, 4) is 33.4 Å². The molecule has 52 heavy (non-hydrogen) atoms. The van der Waals surface area contributed by atoms with E-state index in [-0.39, 0.29) is 5.41 Å². The van der Waals surface area contributed by atoms with E-state index in [2.05, 4.69) is 181 Å². The zero-order chi connectivity index (χ0) is 34.2. The SMILES string of the molecule is c1ccc(-c2ccc(N(c3ccc4c(c3)C3(CC5CCC3C5)c3ccccc3-4)c3c(-c4ccccc4)c4ccccc4c4ccccc34)cc2)cc1. The Labute approximate surface area is 305 Å². The molecule has 1 heteroatoms. The van der Waals surface area contributed by atoms with Crippen LogP contribution < -0.4 is 4.90 Å². The van der Waals surface area contributed by atoms with E-state index in [0.717, 1.165) is 11.6 Å². The molecule has 1 spiro atoms. The van der Waals surface area contributed by atoms with E-state index < -0.39 is 0 Å². The summed E-state index contributed by atoms with van der Waals surface area (Å²) < 4.78 is 0. The molecular weight excluding hydrogens is 627 g/mol. The average molecular weight is 666 g/mol. The van der Waals surface area contributed by atoms with Gasteiger partial charge in [0.25, 0.3) is 0 Å². The van der Waals surface area contributed by atoms with Crippen LogP contribution in [0.15, 0.2) is 176 Å². The van der Waals surface area contributed by atoms with Crippen LogP contribution in [0.25, 0.3) is 54.9 Å². The monoisotopic (exact) mass is 665 g/mol. The van der Waals surface area contributed by atoms with Gasteiger partial charge in [0.05, 0.1) is 5.69 Å². The highest BCUT2D eigenvalue weighted by molar-refractivity contribution is 6.22. The Hall–Kier alpha value is -5.92. The molecule has 3 aliphatic rings. The quantitative estimate of drug-likeness (QED) is 0.165. The van der Waals surface area contributed by atoms with Crippen molar-refractivity contribution in [2.45, 2.75) is 31.1 Å². The Morgan fingerprint density at radius 1 is 0.442 bits per heavy atom. The standard InChI is InChI=1S/C51H39N/c1-3-13-35(14-4-1)36-24-27-39(28-25-36)52(40-29-30-44-43-19-11-12-22-47(43)51(48(44)32-40)33-34-23-26-38(51)31-34)50-46-21-10-8-18-42(46)41-17-7-9-20-45(41)49(50)37-15-5-2-6-16-37/h1-22,24-25,27-30,32,34,38H,23,26,31,33H2. The molecule has 0 radical (unpaired) electrons. The predicted molar refractivity (Wildman–Crippen MR) is 219 cm³/mol. The summed E-state index contributed by atoms with van der Waals surface area (Å²) in [5.74, 6) is 1.53. The smallest absolute Gasteiger partial charge is 0.0624 e. The highest BCUT2D eigenvalue weighted by Crippen LogP contribution is 2.66. The Balaban J connectivity index is 1.22. The number of anilines is 3. The molecule has 8 aromatic rings. The number of hydrogen-bond donors (Lipinski definition) is 0. The number of rotatable bonds is 5. The minimum atomic E-state index is 0.0986. The van der Waals surface area contributed by atoms with Crippen molar-refractivity contribution < 1.29 is 0 Å². The maximum atomic E-state index is 2.60. The van der Waals surface area contributed by atoms with Crippen LogP contribution in [0.4, 0.5) is 17.1 Å². The second-order valence-corrected chi connectivity index (χ2v) is 15.3. The highest BCUT2D eigenvalue weighted by Gasteiger charge is 2.56. The first-order valence-electron chi connectivity index (χ1n) is 19.0. The van der Waals surface area contributed by atoms with Crippen molar-refractivity contribution in [3.05, 3.63) is 187 Å². The van der Waals surface area contributed by atoms with Gasteiger partial charge in [-0.05, 0) is 110 Å². The van der Waals surface area contributed by atoms with Crippen molar-refractivity contribution in [1.29, 1.82) is 0 Å². The van der Waals surface area contributed by atoms with Crippen LogP contribution >= 0.6 is 0 Å². The molecule has 0 aliphatic heterocycles. The summed E-state index contributed by atoms with van der Waals surface area (Å²) in [6.07, 6.45) is 5.34. The Morgan fingerprint density at radius 2 is 1.02 bits per heavy atom. The molecule has 0 amide bonds. The molecule has 1 nitrogen and oxygen atoms in total. The largest absolute Gasteiger partial charge is 0.309 e. The Bertz CT molecular complexity index is 2640. The first-order chi connectivity index (χ1) is 25.8. The maximum Gasteiger partial charge on any atom is 0.0624 e. The normalized spacial score (nSPS) is 19.7. The molecular formula is C51H39N. The lowest BCUT2D eigenvalue weighted by Crippen LogP contribution is -2.32. The van der Waals surface area contributed by atoms with E-state index in [9.17, 15) is 0 Å². The van der Waals surface area contributed by atoms with Crippen LogP contribution in [0.2, 0.25) is 0 Å². The summed E-state index contributed by atoms with van der Waals surface area (Å²) in [5.41, 5.74) is 14.6. The van der Waals surface area contributed by atoms with Gasteiger partial charge in [0.1, 0.15) is 0 Å². The molecule has 2 bridgehead atoms. The topological polar surface area (TPSA) is 3.24 Å². The molecule has 2 fully saturated rings. The Kier molecular flexibility index (Phi) is 6.61. The van der Waals surface area contributed by atoms with Gasteiger partial charge >= 0.3 is 0 Å². The van der Waals surface area contributed by atoms with Crippen LogP contribution in [0.5, 0.6) is 0 Å². The Morgan fingerprint density at radius 3 is 1.73 bits per heavy atom. The minimum Gasteiger partial charge on any atom is -0.309 e. The van der Waals surface area contributed by atoms with Gasteiger partial charge in [-0.3, -0.25) is 0 Å². The van der Waals surface area contributed by atoms with Crippen LogP contribution in [0, 0.1) is 11.8 Å². The second kappa shape index (κ2) is 11.6. The van der Waals surface area contributed by atoms with Gasteiger partial charge in [0, 0.05) is 27.7 Å². The molecule has 2 saturated carbocycles. The zero-order valence-electron chi connectivity index (χ0n) is 29.2. The lowest BCUT2D eigenvalue weighted by atomic mass is 9.67. The van der Waals surface area contributed by atoms with Gasteiger partial charge < -0.3 is 4.90 Å². The second-order valence-electron chi connectivity index (χ2n) is 15.3. The molecule has 0 saturated heterocycles. The molecule has 3 aliphatic carbocycles. The lowest BCUT2D eigenvalue weighted by Gasteiger charge is -2.37. The molecule has 11 rings (SSSR count). The van der Waals surface area contributed by atoms with Gasteiger partial charge in [-0.15, -0.1) is 0 Å². The molecule has 248 valence electrons. The fourth-order valence-corrected chi connectivity index (χ4v) is 10.6. The third-order valence-corrected chi connectivity index (χ3v) is 12.7. The summed E-state index contributed by atoms with van der Waals surface area (Å²) in [4.78, 5) is 2.58. The highest BCUT2D eigenvalue weighted by atomic mass is 15.1. The molecule has 3 unspecified atom stereocenters. The van der Waals surface area contributed by atoms with E-state index in [1.165, 1.54) is 97.5 Å². The summed E-state index contributed by atoms with van der Waals surface area (Å²) >= 11 is 0. The maximum absolute atomic E-state index is 2.60. The third-order valence-electron chi connectivity index (χ3n) is 12.7. The third kappa shape index (κ3) is 4.29. The summed E-state index contributed by atoms with van der Waals surface area (Å²) in [6.45, 7) is 0. The number of fused-ring (bicyclic) bond motifs is 11. The summed E-state index contributed by atoms with van der Waals surface area (Å²) in [5, 5.41) is 5.08. The fourth-order valence-electron chi connectivity index (χ4n) is 10.6. The summed E-state index contributed by atoms with van der Waals surface area (Å²) in [6, 6.07) is 65.8. The van der Waals surface area contributed by atoms with Crippen molar-refractivity contribution in [2.24, 2.45) is 11.8 Å². The van der Waals surface area contributed by atoms with E-state index in [1.54, 1.807) is 5.56 Å². The molecule has 0 aromatic heterocycles. The van der Waals surface area contributed by atoms with Gasteiger partial charge in [-0.25, -0.2) is 0 Å². The van der Waals surface area contributed by atoms with Crippen LogP contribution in [-0.4, -0.2) is 0 Å². The van der Waals surface area contributed by atoms with Crippen LogP contribution in [-0.2, 0) is 5.41 Å². The fraction of sp³-hybridized carbons (Fsp3) is 0.137. The van der Waals surface area contributed by atoms with Crippen LogP contribution in [0.1, 0.15) is 36.8 Å². The van der Waals surface area contributed by atoms with Crippen molar-refractivity contribution in [1.82, 2.24) is 0 Å². The lowest BCUT2D eigenvalue weighted by molar-refractivity contribution is 0.327. The number of hydrogen-bond acceptors (Lipinski definition) is 1. The van der Waals surface area contributed by atoms with Crippen molar-refractivity contribution in [2.75, 3.05) is 4.90 Å². The van der Waals surface area contributed by atoms with Crippen molar-refractivity contribution in [3.63, 3.8) is 0 Å². The van der Waals surface area contributed by atoms with Crippen molar-refractivity contribution >= 4 is 38.6 Å². The van der Waals surface area contributed by atoms with Crippen LogP contribution in [0.3, 0.4) is 0 Å². The summed E-state index contributed by atoms with van der Waals surface area (Å²) in [7, 11) is 0. The molecule has 8 aromatic carbocycles. The zero-order valence-corrected chi connectivity index (χ0v) is 29.2. The molecule has 0 heterocycles. The van der Waals surface area contributed by atoms with E-state index in [0.29, 0.717) is 5.92 Å². The average Bonchev–Trinajstić information content (AvgIpc) is 3.92. The first kappa shape index (κ1) is 29.8. The predicted octanol–water partition coefficient (Wildman–Crippen LogP) is 13.9. The first-order valence-corrected chi connectivity index (χ1v) is 19.0. The van der Waals surface area contributed by atoms with E-state index in [1.807, 2.05) is 0 Å². The number of nitrogens with zero attached hydrogens (tertiary/aromatic N) is 1. The van der Waals surface area contributed by atoms with Gasteiger partial charge in [-0.1, -0.05) is 158 Å².